The zero-order valence-electron chi connectivity index (χ0n) is 20.2. The number of nitrogens with one attached hydrogen (secondary N) is 3. The Morgan fingerprint density at radius 2 is 1.84 bits per heavy atom. The zero-order valence-corrected chi connectivity index (χ0v) is 20.2. The number of H-pyrrole nitrogens is 1. The molecule has 0 saturated carbocycles. The molecule has 0 atom stereocenters. The molecule has 0 fully saturated rings. The number of hydrazone groups is 1. The summed E-state index contributed by atoms with van der Waals surface area (Å²) in [5.74, 6) is -3.31. The lowest BCUT2D eigenvalue weighted by Crippen LogP contribution is -2.19. The fraction of sp³-hybridized carbons (Fsp3) is 0.148. The van der Waals surface area contributed by atoms with E-state index in [1.54, 1.807) is 0 Å². The summed E-state index contributed by atoms with van der Waals surface area (Å²) in [5.41, 5.74) is 4.10. The van der Waals surface area contributed by atoms with E-state index in [0.29, 0.717) is 34.8 Å². The maximum atomic E-state index is 14.5. The van der Waals surface area contributed by atoms with E-state index in [4.69, 9.17) is 0 Å². The van der Waals surface area contributed by atoms with E-state index < -0.39 is 34.9 Å². The Kier molecular flexibility index (Phi) is 6.23. The van der Waals surface area contributed by atoms with Crippen molar-refractivity contribution >= 4 is 34.6 Å². The van der Waals surface area contributed by atoms with Crippen molar-refractivity contribution in [1.82, 2.24) is 15.3 Å². The van der Waals surface area contributed by atoms with E-state index in [0.717, 1.165) is 23.3 Å². The van der Waals surface area contributed by atoms with Crippen LogP contribution in [0.5, 0.6) is 0 Å². The Labute approximate surface area is 214 Å². The van der Waals surface area contributed by atoms with Gasteiger partial charge in [-0.25, -0.2) is 9.82 Å². The van der Waals surface area contributed by atoms with Crippen LogP contribution in [0.4, 0.5) is 23.2 Å². The van der Waals surface area contributed by atoms with Crippen molar-refractivity contribution in [3.8, 4) is 11.3 Å². The minimum absolute atomic E-state index is 0.0899. The van der Waals surface area contributed by atoms with Gasteiger partial charge in [0.05, 0.1) is 28.6 Å². The predicted molar refractivity (Wildman–Crippen MR) is 136 cm³/mol. The van der Waals surface area contributed by atoms with Crippen molar-refractivity contribution in [1.29, 1.82) is 0 Å². The number of alkyl halides is 3. The van der Waals surface area contributed by atoms with Gasteiger partial charge in [-0.05, 0) is 55.6 Å². The first-order valence-corrected chi connectivity index (χ1v) is 11.5. The number of carbonyl (C=O) groups excluding carboxylic acids is 2. The number of hydrogen-bond acceptors (Lipinski definition) is 4. The smallest absolute Gasteiger partial charge is 0.354 e. The number of hydrogen-bond donors (Lipinski definition) is 3. The molecule has 38 heavy (non-hydrogen) atoms. The highest BCUT2D eigenvalue weighted by Gasteiger charge is 2.35. The molecule has 1 aliphatic heterocycles. The summed E-state index contributed by atoms with van der Waals surface area (Å²) in [6.45, 7) is 0.713. The zero-order chi connectivity index (χ0) is 27.2. The van der Waals surface area contributed by atoms with Crippen LogP contribution >= 0.6 is 0 Å². The first-order valence-electron chi connectivity index (χ1n) is 11.5. The second kappa shape index (κ2) is 9.42. The van der Waals surface area contributed by atoms with E-state index in [2.05, 4.69) is 20.8 Å². The summed E-state index contributed by atoms with van der Waals surface area (Å²) in [7, 11) is 3.92. The lowest BCUT2D eigenvalue weighted by atomic mass is 10.0. The minimum Gasteiger partial charge on any atom is -0.354 e. The summed E-state index contributed by atoms with van der Waals surface area (Å²) in [4.78, 5) is 30.9. The van der Waals surface area contributed by atoms with Gasteiger partial charge in [0.2, 0.25) is 0 Å². The monoisotopic (exact) mass is 523 g/mol. The van der Waals surface area contributed by atoms with Crippen LogP contribution < -0.4 is 10.7 Å². The van der Waals surface area contributed by atoms with Gasteiger partial charge in [-0.15, -0.1) is 0 Å². The van der Waals surface area contributed by atoms with E-state index in [1.807, 2.05) is 43.3 Å². The van der Waals surface area contributed by atoms with E-state index in [1.165, 1.54) is 18.3 Å². The Morgan fingerprint density at radius 1 is 1.08 bits per heavy atom. The molecule has 0 aliphatic carbocycles. The van der Waals surface area contributed by atoms with Gasteiger partial charge < -0.3 is 15.2 Å². The molecule has 0 bridgehead atoms. The molecule has 5 rings (SSSR count). The molecule has 2 heterocycles. The number of benzene rings is 3. The first kappa shape index (κ1) is 25.2. The van der Waals surface area contributed by atoms with Gasteiger partial charge in [-0.2, -0.15) is 18.3 Å². The average molecular weight is 523 g/mol. The summed E-state index contributed by atoms with van der Waals surface area (Å²) in [6, 6.07) is 13.2. The first-order chi connectivity index (χ1) is 18.0. The van der Waals surface area contributed by atoms with Gasteiger partial charge in [0.25, 0.3) is 11.8 Å². The molecule has 1 aliphatic rings. The second-order valence-corrected chi connectivity index (χ2v) is 9.12. The highest BCUT2D eigenvalue weighted by Crippen LogP contribution is 2.36. The van der Waals surface area contributed by atoms with Crippen molar-refractivity contribution in [2.24, 2.45) is 5.10 Å². The summed E-state index contributed by atoms with van der Waals surface area (Å²) < 4.78 is 53.9. The molecule has 11 heteroatoms. The van der Waals surface area contributed by atoms with Crippen LogP contribution in [0.3, 0.4) is 0 Å². The number of carbonyl (C=O) groups is 2. The molecule has 0 unspecified atom stereocenters. The lowest BCUT2D eigenvalue weighted by Gasteiger charge is -2.12. The third-order valence-electron chi connectivity index (χ3n) is 6.06. The SMILES string of the molecule is CN(C)Cc1cccc(-c2[nH]c3cc(NC(=O)c4cccc(C(F)(F)F)c4F)cc4c3c2C=NNC4=O)c1. The average Bonchev–Trinajstić information content (AvgIpc) is 3.12. The number of halogens is 4. The summed E-state index contributed by atoms with van der Waals surface area (Å²) >= 11 is 0. The quantitative estimate of drug-likeness (QED) is 0.307. The van der Waals surface area contributed by atoms with Crippen LogP contribution in [0.25, 0.3) is 22.2 Å². The molecule has 4 aromatic rings. The van der Waals surface area contributed by atoms with Gasteiger partial charge in [-0.1, -0.05) is 24.3 Å². The fourth-order valence-corrected chi connectivity index (χ4v) is 4.50. The summed E-state index contributed by atoms with van der Waals surface area (Å²) in [6.07, 6.45) is -3.43. The molecule has 0 radical (unpaired) electrons. The molecule has 0 spiro atoms. The van der Waals surface area contributed by atoms with E-state index in [9.17, 15) is 27.2 Å². The van der Waals surface area contributed by atoms with Gasteiger partial charge in [0.15, 0.2) is 0 Å². The number of aromatic amines is 1. The highest BCUT2D eigenvalue weighted by atomic mass is 19.4. The Balaban J connectivity index is 1.58. The maximum Gasteiger partial charge on any atom is 0.419 e. The van der Waals surface area contributed by atoms with Crippen molar-refractivity contribution in [3.63, 3.8) is 0 Å². The van der Waals surface area contributed by atoms with E-state index in [-0.39, 0.29) is 11.3 Å². The topological polar surface area (TPSA) is 89.6 Å². The normalized spacial score (nSPS) is 13.1. The van der Waals surface area contributed by atoms with Crippen molar-refractivity contribution < 1.29 is 27.2 Å². The molecule has 7 nitrogen and oxygen atoms in total. The van der Waals surface area contributed by atoms with Crippen LogP contribution in [0.2, 0.25) is 0 Å². The van der Waals surface area contributed by atoms with Crippen molar-refractivity contribution in [3.05, 3.63) is 88.2 Å². The third-order valence-corrected chi connectivity index (χ3v) is 6.06. The number of amides is 2. The fourth-order valence-electron chi connectivity index (χ4n) is 4.50. The van der Waals surface area contributed by atoms with Crippen molar-refractivity contribution in [2.45, 2.75) is 12.7 Å². The molecular weight excluding hydrogens is 502 g/mol. The van der Waals surface area contributed by atoms with Crippen molar-refractivity contribution in [2.75, 3.05) is 19.4 Å². The number of nitrogens with zero attached hydrogens (tertiary/aromatic N) is 2. The Bertz CT molecular complexity index is 1620. The highest BCUT2D eigenvalue weighted by molar-refractivity contribution is 6.18. The van der Waals surface area contributed by atoms with Crippen LogP contribution in [0.15, 0.2) is 59.7 Å². The molecular formula is C27H21F4N5O2. The van der Waals surface area contributed by atoms with E-state index >= 15 is 0 Å². The lowest BCUT2D eigenvalue weighted by molar-refractivity contribution is -0.140. The predicted octanol–water partition coefficient (Wildman–Crippen LogP) is 5.38. The summed E-state index contributed by atoms with van der Waals surface area (Å²) in [5, 5.41) is 6.98. The van der Waals surface area contributed by atoms with Crippen LogP contribution in [0.1, 0.15) is 37.4 Å². The number of anilines is 1. The van der Waals surface area contributed by atoms with Crippen LogP contribution in [-0.4, -0.2) is 42.0 Å². The Morgan fingerprint density at radius 3 is 2.58 bits per heavy atom. The largest absolute Gasteiger partial charge is 0.419 e. The molecule has 2 amide bonds. The standard InChI is InChI=1S/C27H21F4N5O2/c1-36(2)13-14-5-3-6-15(9-14)24-19-12-32-35-26(38)18-10-16(11-21(34-24)22(18)19)33-25(37)17-7-4-8-20(23(17)28)27(29,30)31/h3-12,34H,13H2,1-2H3,(H,33,37)(H,35,38). The van der Waals surface area contributed by atoms with Crippen LogP contribution in [-0.2, 0) is 12.7 Å². The van der Waals surface area contributed by atoms with Gasteiger partial charge in [0, 0.05) is 28.7 Å². The van der Waals surface area contributed by atoms with Gasteiger partial charge in [0.1, 0.15) is 5.82 Å². The molecule has 1 aromatic heterocycles. The number of rotatable bonds is 5. The minimum atomic E-state index is -4.96. The maximum absolute atomic E-state index is 14.5. The van der Waals surface area contributed by atoms with Gasteiger partial charge >= 0.3 is 6.18 Å². The third kappa shape index (κ3) is 4.63. The molecule has 3 aromatic carbocycles. The van der Waals surface area contributed by atoms with Gasteiger partial charge in [-0.3, -0.25) is 9.59 Å². The Hall–Kier alpha value is -4.51. The van der Waals surface area contributed by atoms with Crippen LogP contribution in [0, 0.1) is 5.82 Å². The molecule has 0 saturated heterocycles. The second-order valence-electron chi connectivity index (χ2n) is 9.12. The molecule has 194 valence electrons. The molecule has 3 N–H and O–H groups in total. The number of aromatic nitrogens is 1.